The van der Waals surface area contributed by atoms with E-state index in [0.29, 0.717) is 12.0 Å². The van der Waals surface area contributed by atoms with Crippen LogP contribution in [0, 0.1) is 5.41 Å². The zero-order chi connectivity index (χ0) is 28.0. The topological polar surface area (TPSA) is 42.4 Å². The molecule has 0 aliphatic rings. The molecule has 35 heavy (non-hydrogen) atoms. The summed E-state index contributed by atoms with van der Waals surface area (Å²) in [7, 11) is 1.79. The Morgan fingerprint density at radius 3 is 1.94 bits per heavy atom. The molecule has 1 unspecified atom stereocenters. The number of carbonyl (C=O) groups is 1. The lowest BCUT2D eigenvalue weighted by Gasteiger charge is -2.18. The van der Waals surface area contributed by atoms with Gasteiger partial charge in [0, 0.05) is 32.9 Å². The van der Waals surface area contributed by atoms with Gasteiger partial charge in [-0.1, -0.05) is 78.8 Å². The van der Waals surface area contributed by atoms with Gasteiger partial charge >= 0.3 is 0 Å². The predicted molar refractivity (Wildman–Crippen MR) is 155 cm³/mol. The van der Waals surface area contributed by atoms with Crippen LogP contribution in [0.15, 0.2) is 73.6 Å². The number of ether oxygens (including phenoxy) is 1. The smallest absolute Gasteiger partial charge is 0.219 e. The van der Waals surface area contributed by atoms with Crippen LogP contribution in [0.25, 0.3) is 0 Å². The van der Waals surface area contributed by atoms with Gasteiger partial charge in [-0.05, 0) is 61.6 Å². The molecule has 0 aliphatic carbocycles. The van der Waals surface area contributed by atoms with Gasteiger partial charge in [0.2, 0.25) is 5.91 Å². The van der Waals surface area contributed by atoms with Crippen molar-refractivity contribution in [1.29, 1.82) is 0 Å². The maximum absolute atomic E-state index is 11.3. The third-order valence-corrected chi connectivity index (χ3v) is 4.62. The molecule has 0 saturated heterocycles. The third-order valence-electron chi connectivity index (χ3n) is 4.62. The van der Waals surface area contributed by atoms with Gasteiger partial charge in [-0.25, -0.2) is 0 Å². The van der Waals surface area contributed by atoms with E-state index in [2.05, 4.69) is 45.8 Å². The predicted octanol–water partition coefficient (Wildman–Crippen LogP) is 9.05. The molecule has 4 heteroatoms. The summed E-state index contributed by atoms with van der Waals surface area (Å²) in [4.78, 5) is 17.0. The fourth-order valence-electron chi connectivity index (χ4n) is 2.01. The maximum atomic E-state index is 11.3. The van der Waals surface area contributed by atoms with Crippen molar-refractivity contribution in [3.63, 3.8) is 0 Å². The van der Waals surface area contributed by atoms with Crippen LogP contribution in [0.2, 0.25) is 0 Å². The molecule has 1 heterocycles. The molecule has 0 fully saturated rings. The molecule has 1 atom stereocenters. The molecule has 198 valence electrons. The van der Waals surface area contributed by atoms with Crippen molar-refractivity contribution in [3.05, 3.63) is 84.7 Å². The number of aromatic nitrogens is 1. The van der Waals surface area contributed by atoms with Crippen molar-refractivity contribution in [1.82, 2.24) is 9.88 Å². The van der Waals surface area contributed by atoms with Crippen molar-refractivity contribution < 1.29 is 9.53 Å². The summed E-state index contributed by atoms with van der Waals surface area (Å²) in [6.45, 7) is 29.8. The molecule has 2 aromatic rings. The minimum Gasteiger partial charge on any atom is -0.486 e. The van der Waals surface area contributed by atoms with Crippen molar-refractivity contribution in [2.45, 2.75) is 88.8 Å². The minimum atomic E-state index is -0.0474. The number of carbonyl (C=O) groups excluding carboxylic acids is 1. The Kier molecular flexibility index (Phi) is 22.7. The largest absolute Gasteiger partial charge is 0.486 e. The molecule has 0 spiro atoms. The lowest BCUT2D eigenvalue weighted by molar-refractivity contribution is -0.128. The molecule has 0 aliphatic heterocycles. The van der Waals surface area contributed by atoms with Crippen LogP contribution in [0.4, 0.5) is 0 Å². The van der Waals surface area contributed by atoms with Gasteiger partial charge in [0.15, 0.2) is 0 Å². The van der Waals surface area contributed by atoms with Crippen molar-refractivity contribution in [2.24, 2.45) is 5.41 Å². The molecule has 1 aromatic heterocycles. The molecule has 4 nitrogen and oxygen atoms in total. The molecule has 1 amide bonds. The highest BCUT2D eigenvalue weighted by atomic mass is 16.5. The first-order chi connectivity index (χ1) is 16.4. The second-order valence-electron chi connectivity index (χ2n) is 8.50. The summed E-state index contributed by atoms with van der Waals surface area (Å²) >= 11 is 0. The number of rotatable bonds is 5. The zero-order valence-electron chi connectivity index (χ0n) is 24.6. The van der Waals surface area contributed by atoms with E-state index in [1.54, 1.807) is 37.3 Å². The van der Waals surface area contributed by atoms with E-state index in [1.165, 1.54) is 5.57 Å². The number of hydrogen-bond donors (Lipinski definition) is 0. The Labute approximate surface area is 217 Å². The van der Waals surface area contributed by atoms with Crippen molar-refractivity contribution in [3.8, 4) is 5.75 Å². The third kappa shape index (κ3) is 19.2. The number of nitrogens with zero attached hydrogens (tertiary/aromatic N) is 2. The van der Waals surface area contributed by atoms with E-state index in [-0.39, 0.29) is 12.0 Å². The second kappa shape index (κ2) is 21.6. The van der Waals surface area contributed by atoms with Crippen molar-refractivity contribution in [2.75, 3.05) is 7.05 Å². The highest BCUT2D eigenvalue weighted by Gasteiger charge is 2.09. The monoisotopic (exact) mass is 484 g/mol. The molecule has 0 radical (unpaired) electrons. The lowest BCUT2D eigenvalue weighted by Crippen LogP contribution is -2.22. The van der Waals surface area contributed by atoms with Crippen LogP contribution in [0.3, 0.4) is 0 Å². The van der Waals surface area contributed by atoms with Gasteiger partial charge in [0.05, 0.1) is 0 Å². The van der Waals surface area contributed by atoms with Gasteiger partial charge in [-0.2, -0.15) is 0 Å². The van der Waals surface area contributed by atoms with Crippen LogP contribution in [0.1, 0.15) is 93.4 Å². The first-order valence-corrected chi connectivity index (χ1v) is 12.5. The van der Waals surface area contributed by atoms with E-state index in [1.807, 2.05) is 77.9 Å². The Bertz CT molecular complexity index is 808. The summed E-state index contributed by atoms with van der Waals surface area (Å²) in [5.74, 6) is 0.847. The summed E-state index contributed by atoms with van der Waals surface area (Å²) in [5, 5.41) is 0. The zero-order valence-corrected chi connectivity index (χ0v) is 24.6. The van der Waals surface area contributed by atoms with E-state index in [4.69, 9.17) is 4.74 Å². The first-order valence-electron chi connectivity index (χ1n) is 12.5. The summed E-state index contributed by atoms with van der Waals surface area (Å²) in [6.07, 6.45) is 5.22. The van der Waals surface area contributed by atoms with Crippen LogP contribution in [0.5, 0.6) is 5.75 Å². The SMILES string of the molecule is C=C(C)C(C)(C)C.C=CC.CC.CC.CC(=O)N(C)Cc1cccc(OC(C)c2ccncc2)c1. The van der Waals surface area contributed by atoms with E-state index in [0.717, 1.165) is 16.9 Å². The van der Waals surface area contributed by atoms with Gasteiger partial charge in [0.1, 0.15) is 11.9 Å². The average molecular weight is 485 g/mol. The molecule has 2 rings (SSSR count). The van der Waals surface area contributed by atoms with Gasteiger partial charge in [0.25, 0.3) is 0 Å². The summed E-state index contributed by atoms with van der Waals surface area (Å²) in [6, 6.07) is 11.7. The molecular weight excluding hydrogens is 432 g/mol. The molecule has 0 N–H and O–H groups in total. The summed E-state index contributed by atoms with van der Waals surface area (Å²) in [5.41, 5.74) is 3.68. The highest BCUT2D eigenvalue weighted by Crippen LogP contribution is 2.23. The standard InChI is InChI=1S/C17H20N2O2.C7H14.C3H6.2C2H6/c1-13(16-7-9-18-10-8-16)21-17-6-4-5-15(11-17)12-19(3)14(2)20;1-6(2)7(3,4)5;1-3-2;2*1-2/h4-11,13H,12H2,1-3H3;1H2,2-5H3;3H,1H2,2H3;2*1-2H3. The number of amides is 1. The van der Waals surface area contributed by atoms with E-state index < -0.39 is 0 Å². The quantitative estimate of drug-likeness (QED) is 0.397. The maximum Gasteiger partial charge on any atom is 0.219 e. The highest BCUT2D eigenvalue weighted by molar-refractivity contribution is 5.72. The molecule has 1 aromatic carbocycles. The number of hydrogen-bond acceptors (Lipinski definition) is 3. The van der Waals surface area contributed by atoms with Gasteiger partial charge in [-0.3, -0.25) is 9.78 Å². The summed E-state index contributed by atoms with van der Waals surface area (Å²) < 4.78 is 5.95. The Morgan fingerprint density at radius 2 is 1.54 bits per heavy atom. The first kappa shape index (κ1) is 36.7. The average Bonchev–Trinajstić information content (AvgIpc) is 2.82. The van der Waals surface area contributed by atoms with Crippen LogP contribution in [-0.2, 0) is 11.3 Å². The molecular formula is C31H52N2O2. The minimum absolute atomic E-state index is 0.0474. The number of allylic oxidation sites excluding steroid dienone is 2. The number of pyridine rings is 1. The van der Waals surface area contributed by atoms with Crippen LogP contribution < -0.4 is 4.74 Å². The Balaban J connectivity index is -0.000000611. The second-order valence-corrected chi connectivity index (χ2v) is 8.50. The van der Waals surface area contributed by atoms with E-state index >= 15 is 0 Å². The Hall–Kier alpha value is -2.88. The van der Waals surface area contributed by atoms with Gasteiger partial charge < -0.3 is 9.64 Å². The van der Waals surface area contributed by atoms with Crippen molar-refractivity contribution >= 4 is 5.91 Å². The van der Waals surface area contributed by atoms with Gasteiger partial charge in [-0.15, -0.1) is 6.58 Å². The Morgan fingerprint density at radius 1 is 1.09 bits per heavy atom. The molecule has 0 saturated carbocycles. The number of benzene rings is 1. The van der Waals surface area contributed by atoms with E-state index in [9.17, 15) is 4.79 Å². The van der Waals surface area contributed by atoms with Crippen LogP contribution >= 0.6 is 0 Å². The normalized spacial score (nSPS) is 10.1. The molecule has 0 bridgehead atoms. The lowest BCUT2D eigenvalue weighted by atomic mass is 9.89. The van der Waals surface area contributed by atoms with Crippen LogP contribution in [-0.4, -0.2) is 22.8 Å². The fraction of sp³-hybridized carbons (Fsp3) is 0.484. The fourth-order valence-corrected chi connectivity index (χ4v) is 2.01.